The summed E-state index contributed by atoms with van der Waals surface area (Å²) in [6, 6.07) is 30.1. The maximum atomic E-state index is 13.5. The van der Waals surface area contributed by atoms with Gasteiger partial charge in [0, 0.05) is 5.69 Å². The van der Waals surface area contributed by atoms with Crippen molar-refractivity contribution in [1.82, 2.24) is 0 Å². The number of para-hydroxylation sites is 1. The van der Waals surface area contributed by atoms with Crippen molar-refractivity contribution in [3.63, 3.8) is 0 Å². The summed E-state index contributed by atoms with van der Waals surface area (Å²) in [7, 11) is 0. The SMILES string of the molecule is O=C1/C(=C/c2ccccc2)S[C@@]2(OC[C@H](c3ccccc3)S2)N1c1ccccc1. The second-order valence-corrected chi connectivity index (χ2v) is 9.66. The van der Waals surface area contributed by atoms with Gasteiger partial charge in [-0.05, 0) is 29.3 Å². The van der Waals surface area contributed by atoms with Gasteiger partial charge >= 0.3 is 0 Å². The van der Waals surface area contributed by atoms with Crippen LogP contribution in [0.1, 0.15) is 16.4 Å². The first-order valence-electron chi connectivity index (χ1n) is 9.47. The lowest BCUT2D eigenvalue weighted by Crippen LogP contribution is -2.41. The molecule has 0 N–H and O–H groups in total. The number of anilines is 1. The highest BCUT2D eigenvalue weighted by molar-refractivity contribution is 8.21. The van der Waals surface area contributed by atoms with Gasteiger partial charge in [-0.15, -0.1) is 0 Å². The summed E-state index contributed by atoms with van der Waals surface area (Å²) in [5, 5.41) is 0.179. The molecule has 2 fully saturated rings. The molecule has 5 heteroatoms. The van der Waals surface area contributed by atoms with Gasteiger partial charge in [0.05, 0.1) is 16.8 Å². The van der Waals surface area contributed by atoms with Crippen LogP contribution in [-0.4, -0.2) is 16.9 Å². The fourth-order valence-corrected chi connectivity index (χ4v) is 6.63. The van der Waals surface area contributed by atoms with Crippen LogP contribution in [0.4, 0.5) is 5.69 Å². The fourth-order valence-electron chi connectivity index (χ4n) is 3.54. The lowest BCUT2D eigenvalue weighted by molar-refractivity contribution is -0.115. The molecule has 0 aromatic heterocycles. The Labute approximate surface area is 178 Å². The Bertz CT molecular complexity index is 1040. The van der Waals surface area contributed by atoms with E-state index in [4.69, 9.17) is 4.74 Å². The first-order valence-corrected chi connectivity index (χ1v) is 11.2. The molecule has 0 radical (unpaired) electrons. The van der Waals surface area contributed by atoms with Gasteiger partial charge in [0.1, 0.15) is 0 Å². The third-order valence-electron chi connectivity index (χ3n) is 4.92. The molecule has 144 valence electrons. The molecule has 0 saturated carbocycles. The van der Waals surface area contributed by atoms with Gasteiger partial charge in [-0.25, -0.2) is 0 Å². The molecule has 0 bridgehead atoms. The van der Waals surface area contributed by atoms with Crippen LogP contribution < -0.4 is 4.90 Å². The van der Waals surface area contributed by atoms with Gasteiger partial charge in [0.2, 0.25) is 0 Å². The van der Waals surface area contributed by atoms with E-state index in [-0.39, 0.29) is 11.2 Å². The summed E-state index contributed by atoms with van der Waals surface area (Å²) in [5.74, 6) is -0.0220. The zero-order chi connectivity index (χ0) is 19.7. The number of thioether (sulfide) groups is 2. The normalized spacial score (nSPS) is 25.2. The Morgan fingerprint density at radius 1 is 0.897 bits per heavy atom. The monoisotopic (exact) mass is 417 g/mol. The third kappa shape index (κ3) is 3.50. The van der Waals surface area contributed by atoms with Crippen LogP contribution in [0.2, 0.25) is 0 Å². The van der Waals surface area contributed by atoms with Crippen molar-refractivity contribution in [2.24, 2.45) is 0 Å². The first kappa shape index (κ1) is 18.6. The van der Waals surface area contributed by atoms with E-state index in [2.05, 4.69) is 12.1 Å². The van der Waals surface area contributed by atoms with E-state index in [0.29, 0.717) is 11.5 Å². The van der Waals surface area contributed by atoms with Gasteiger partial charge < -0.3 is 4.74 Å². The van der Waals surface area contributed by atoms with E-state index in [1.165, 1.54) is 17.3 Å². The van der Waals surface area contributed by atoms with Crippen LogP contribution in [0.25, 0.3) is 6.08 Å². The van der Waals surface area contributed by atoms with Crippen molar-refractivity contribution >= 4 is 41.2 Å². The van der Waals surface area contributed by atoms with Crippen LogP contribution in [0.5, 0.6) is 0 Å². The van der Waals surface area contributed by atoms with Crippen LogP contribution in [0.15, 0.2) is 95.9 Å². The predicted octanol–water partition coefficient (Wildman–Crippen LogP) is 5.92. The molecule has 0 unspecified atom stereocenters. The summed E-state index contributed by atoms with van der Waals surface area (Å²) >= 11 is 3.20. The summed E-state index contributed by atoms with van der Waals surface area (Å²) in [6.45, 7) is 0.566. The molecule has 3 nitrogen and oxygen atoms in total. The summed E-state index contributed by atoms with van der Waals surface area (Å²) in [6.07, 6.45) is 1.96. The predicted molar refractivity (Wildman–Crippen MR) is 121 cm³/mol. The number of amides is 1. The highest BCUT2D eigenvalue weighted by Crippen LogP contribution is 2.61. The number of hydrogen-bond acceptors (Lipinski definition) is 4. The maximum Gasteiger partial charge on any atom is 0.268 e. The first-order chi connectivity index (χ1) is 14.3. The molecule has 3 aromatic carbocycles. The molecular formula is C24H19NO2S2. The Kier molecular flexibility index (Phi) is 4.96. The average molecular weight is 418 g/mol. The molecule has 1 spiro atoms. The van der Waals surface area contributed by atoms with Crippen molar-refractivity contribution in [3.05, 3.63) is 107 Å². The highest BCUT2D eigenvalue weighted by atomic mass is 32.2. The lowest BCUT2D eigenvalue weighted by atomic mass is 10.2. The van der Waals surface area contributed by atoms with Crippen molar-refractivity contribution in [2.75, 3.05) is 11.5 Å². The van der Waals surface area contributed by atoms with Gasteiger partial charge in [-0.1, -0.05) is 102 Å². The second-order valence-electron chi connectivity index (χ2n) is 6.85. The Balaban J connectivity index is 1.54. The largest absolute Gasteiger partial charge is 0.336 e. The zero-order valence-corrected chi connectivity index (χ0v) is 17.2. The highest BCUT2D eigenvalue weighted by Gasteiger charge is 2.56. The summed E-state index contributed by atoms with van der Waals surface area (Å²) in [5.41, 5.74) is 3.08. The summed E-state index contributed by atoms with van der Waals surface area (Å²) in [4.78, 5) is 16.0. The van der Waals surface area contributed by atoms with Crippen molar-refractivity contribution in [3.8, 4) is 0 Å². The molecule has 2 aliphatic heterocycles. The third-order valence-corrected chi connectivity index (χ3v) is 7.82. The van der Waals surface area contributed by atoms with Gasteiger partial charge in [0.25, 0.3) is 10.3 Å². The van der Waals surface area contributed by atoms with Crippen molar-refractivity contribution < 1.29 is 9.53 Å². The molecule has 2 atom stereocenters. The Hall–Kier alpha value is -2.47. The minimum Gasteiger partial charge on any atom is -0.336 e. The summed E-state index contributed by atoms with van der Waals surface area (Å²) < 4.78 is 5.57. The number of carbonyl (C=O) groups is 1. The van der Waals surface area contributed by atoms with Gasteiger partial charge in [0.15, 0.2) is 0 Å². The number of carbonyl (C=O) groups excluding carboxylic acids is 1. The molecular weight excluding hydrogens is 398 g/mol. The molecule has 3 aromatic rings. The van der Waals surface area contributed by atoms with Crippen LogP contribution in [-0.2, 0) is 9.53 Å². The zero-order valence-electron chi connectivity index (χ0n) is 15.6. The Morgan fingerprint density at radius 2 is 1.52 bits per heavy atom. The van der Waals surface area contributed by atoms with Gasteiger partial charge in [-0.3, -0.25) is 9.69 Å². The molecule has 2 heterocycles. The van der Waals surface area contributed by atoms with E-state index in [9.17, 15) is 4.79 Å². The van der Waals surface area contributed by atoms with Crippen LogP contribution in [0, 0.1) is 0 Å². The molecule has 5 rings (SSSR count). The maximum absolute atomic E-state index is 13.5. The molecule has 2 saturated heterocycles. The number of rotatable bonds is 3. The quantitative estimate of drug-likeness (QED) is 0.495. The van der Waals surface area contributed by atoms with E-state index in [0.717, 1.165) is 11.3 Å². The topological polar surface area (TPSA) is 29.5 Å². The minimum absolute atomic E-state index is 0.0220. The average Bonchev–Trinajstić information content (AvgIpc) is 3.31. The second kappa shape index (κ2) is 7.75. The van der Waals surface area contributed by atoms with Crippen LogP contribution in [0.3, 0.4) is 0 Å². The fraction of sp³-hybridized carbons (Fsp3) is 0.125. The standard InChI is InChI=1S/C24H19NO2S2/c26-23-21(16-18-10-4-1-5-11-18)28-24(25(23)20-14-8-3-9-15-20)27-17-22(29-24)19-12-6-2-7-13-19/h1-16,22H,17H2/b21-16-/t22-,24+/m1/s1. The number of ether oxygens (including phenoxy) is 1. The van der Waals surface area contributed by atoms with E-state index < -0.39 is 4.39 Å². The smallest absolute Gasteiger partial charge is 0.268 e. The van der Waals surface area contributed by atoms with E-state index in [1.54, 1.807) is 16.7 Å². The molecule has 0 aliphatic carbocycles. The van der Waals surface area contributed by atoms with E-state index in [1.807, 2.05) is 84.9 Å². The van der Waals surface area contributed by atoms with Crippen molar-refractivity contribution in [1.29, 1.82) is 0 Å². The van der Waals surface area contributed by atoms with Crippen LogP contribution >= 0.6 is 23.5 Å². The Morgan fingerprint density at radius 3 is 2.21 bits per heavy atom. The number of nitrogens with zero attached hydrogens (tertiary/aromatic N) is 1. The number of hydrogen-bond donors (Lipinski definition) is 0. The molecule has 2 aliphatic rings. The molecule has 29 heavy (non-hydrogen) atoms. The van der Waals surface area contributed by atoms with Crippen molar-refractivity contribution in [2.45, 2.75) is 9.64 Å². The minimum atomic E-state index is -0.792. The van der Waals surface area contributed by atoms with Gasteiger partial charge in [-0.2, -0.15) is 0 Å². The van der Waals surface area contributed by atoms with E-state index >= 15 is 0 Å². The molecule has 1 amide bonds. The lowest BCUT2D eigenvalue weighted by Gasteiger charge is -2.31. The number of benzene rings is 3.